The number of hydrogen-bond acceptors (Lipinski definition) is 1. The van der Waals surface area contributed by atoms with Crippen molar-refractivity contribution in [2.45, 2.75) is 6.92 Å². The van der Waals surface area contributed by atoms with Crippen LogP contribution in [0.15, 0.2) is 79.1 Å². The largest absolute Gasteiger partial charge is 0.305 e. The van der Waals surface area contributed by atoms with Gasteiger partial charge in [-0.2, -0.15) is 0 Å². The molecule has 0 spiro atoms. The normalized spacial score (nSPS) is 10.2. The topological polar surface area (TPSA) is 33.0 Å². The molecule has 2 aromatic carbocycles. The van der Waals surface area contributed by atoms with Crippen molar-refractivity contribution in [3.8, 4) is 11.1 Å². The summed E-state index contributed by atoms with van der Waals surface area (Å²) >= 11 is 0. The van der Waals surface area contributed by atoms with Gasteiger partial charge in [0.1, 0.15) is 0 Å². The Bertz CT molecular complexity index is 763. The van der Waals surface area contributed by atoms with Crippen LogP contribution in [0.25, 0.3) is 11.1 Å². The van der Waals surface area contributed by atoms with Crippen molar-refractivity contribution in [2.24, 2.45) is 0 Å². The summed E-state index contributed by atoms with van der Waals surface area (Å²) in [6.45, 7) is 2.07. The maximum absolute atomic E-state index is 12.1. The van der Waals surface area contributed by atoms with Gasteiger partial charge in [0.05, 0.1) is 0 Å². The second-order valence-electron chi connectivity index (χ2n) is 5.17. The molecule has 0 saturated heterocycles. The van der Waals surface area contributed by atoms with Crippen LogP contribution in [-0.4, -0.2) is 5.91 Å². The Labute approximate surface area is 129 Å². The summed E-state index contributed by atoms with van der Waals surface area (Å²) in [5.41, 5.74) is 6.98. The zero-order chi connectivity index (χ0) is 15.4. The fourth-order valence-corrected chi connectivity index (χ4v) is 2.21. The molecule has 0 atom stereocenters. The van der Waals surface area contributed by atoms with Gasteiger partial charge in [0.15, 0.2) is 0 Å². The summed E-state index contributed by atoms with van der Waals surface area (Å²) in [4.78, 5) is 12.1. The third-order valence-corrected chi connectivity index (χ3v) is 3.48. The summed E-state index contributed by atoms with van der Waals surface area (Å²) in [7, 11) is 0. The van der Waals surface area contributed by atoms with Gasteiger partial charge in [0.25, 0.3) is 0 Å². The molecule has 0 radical (unpaired) electrons. The maximum atomic E-state index is 12.1. The van der Waals surface area contributed by atoms with Gasteiger partial charge in [-0.3, -0.25) is 4.79 Å². The average molecular weight is 289 g/mol. The highest BCUT2D eigenvalue weighted by Gasteiger charge is 2.10. The van der Waals surface area contributed by atoms with E-state index in [-0.39, 0.29) is 5.91 Å². The van der Waals surface area contributed by atoms with Gasteiger partial charge in [0, 0.05) is 17.7 Å². The van der Waals surface area contributed by atoms with Gasteiger partial charge in [-0.15, -0.1) is 5.43 Å². The fourth-order valence-electron chi connectivity index (χ4n) is 2.21. The lowest BCUT2D eigenvalue weighted by atomic mass is 10.1. The van der Waals surface area contributed by atoms with E-state index in [1.54, 1.807) is 16.8 Å². The quantitative estimate of drug-likeness (QED) is 0.737. The highest BCUT2D eigenvalue weighted by molar-refractivity contribution is 5.98. The number of nitrogens with one attached hydrogen (secondary N) is 1. The summed E-state index contributed by atoms with van der Waals surface area (Å²) in [5, 5.41) is 0. The molecular formula is C19H17N2O+. The van der Waals surface area contributed by atoms with Crippen molar-refractivity contribution in [2.75, 3.05) is 5.43 Å². The standard InChI is InChI=1S/C19H16N2O/c1-15-7-9-16(10-8-15)17-11-13-21(14-12-17)20-19(22)18-5-3-2-4-6-18/h2-14H,1H3/p+1. The number of amides is 1. The number of nitrogens with zero attached hydrogens (tertiary/aromatic N) is 1. The molecule has 0 bridgehead atoms. The zero-order valence-corrected chi connectivity index (χ0v) is 12.4. The van der Waals surface area contributed by atoms with Crippen molar-refractivity contribution < 1.29 is 9.47 Å². The lowest BCUT2D eigenvalue weighted by Gasteiger charge is -2.02. The van der Waals surface area contributed by atoms with Crippen molar-refractivity contribution in [3.63, 3.8) is 0 Å². The second-order valence-corrected chi connectivity index (χ2v) is 5.17. The van der Waals surface area contributed by atoms with Gasteiger partial charge in [-0.1, -0.05) is 52.7 Å². The van der Waals surface area contributed by atoms with Crippen molar-refractivity contribution in [3.05, 3.63) is 90.3 Å². The van der Waals surface area contributed by atoms with Gasteiger partial charge >= 0.3 is 5.91 Å². The van der Waals surface area contributed by atoms with E-state index in [1.165, 1.54) is 5.56 Å². The summed E-state index contributed by atoms with van der Waals surface area (Å²) in [5.74, 6) is -0.131. The molecule has 0 fully saturated rings. The van der Waals surface area contributed by atoms with Gasteiger partial charge < -0.3 is 0 Å². The van der Waals surface area contributed by atoms with E-state index in [0.29, 0.717) is 5.56 Å². The molecule has 1 heterocycles. The number of pyridine rings is 1. The Morgan fingerprint density at radius 2 is 1.41 bits per heavy atom. The van der Waals surface area contributed by atoms with Crippen LogP contribution in [-0.2, 0) is 0 Å². The second kappa shape index (κ2) is 6.22. The third kappa shape index (κ3) is 3.20. The summed E-state index contributed by atoms with van der Waals surface area (Å²) in [6.07, 6.45) is 3.69. The van der Waals surface area contributed by atoms with E-state index in [2.05, 4.69) is 36.6 Å². The van der Waals surface area contributed by atoms with E-state index >= 15 is 0 Å². The molecular weight excluding hydrogens is 272 g/mol. The minimum absolute atomic E-state index is 0.131. The van der Waals surface area contributed by atoms with Crippen LogP contribution in [0.4, 0.5) is 0 Å². The van der Waals surface area contributed by atoms with E-state index in [1.807, 2.05) is 42.7 Å². The Kier molecular flexibility index (Phi) is 3.97. The van der Waals surface area contributed by atoms with Crippen LogP contribution in [0.3, 0.4) is 0 Å². The molecule has 1 amide bonds. The number of carbonyl (C=O) groups excluding carboxylic acids is 1. The molecule has 22 heavy (non-hydrogen) atoms. The van der Waals surface area contributed by atoms with E-state index in [0.717, 1.165) is 11.1 Å². The Balaban J connectivity index is 1.74. The first kappa shape index (κ1) is 14.0. The van der Waals surface area contributed by atoms with Gasteiger partial charge in [0.2, 0.25) is 12.4 Å². The molecule has 3 rings (SSSR count). The Morgan fingerprint density at radius 3 is 2.05 bits per heavy atom. The number of rotatable bonds is 3. The van der Waals surface area contributed by atoms with Crippen LogP contribution >= 0.6 is 0 Å². The molecule has 3 aromatic rings. The Hall–Kier alpha value is -2.94. The third-order valence-electron chi connectivity index (χ3n) is 3.48. The van der Waals surface area contributed by atoms with E-state index in [4.69, 9.17) is 0 Å². The predicted octanol–water partition coefficient (Wildman–Crippen LogP) is 3.33. The van der Waals surface area contributed by atoms with Gasteiger partial charge in [-0.25, -0.2) is 0 Å². The monoisotopic (exact) mass is 289 g/mol. The summed E-state index contributed by atoms with van der Waals surface area (Å²) in [6, 6.07) is 21.5. The molecule has 3 heteroatoms. The van der Waals surface area contributed by atoms with Crippen LogP contribution in [0.1, 0.15) is 15.9 Å². The van der Waals surface area contributed by atoms with Gasteiger partial charge in [-0.05, 0) is 30.2 Å². The SMILES string of the molecule is Cc1ccc(-c2cc[n+](NC(=O)c3ccccc3)cc2)cc1. The van der Waals surface area contributed by atoms with Crippen molar-refractivity contribution in [1.82, 2.24) is 0 Å². The minimum atomic E-state index is -0.131. The van der Waals surface area contributed by atoms with Crippen molar-refractivity contribution >= 4 is 5.91 Å². The molecule has 3 nitrogen and oxygen atoms in total. The Morgan fingerprint density at radius 1 is 0.818 bits per heavy atom. The highest BCUT2D eigenvalue weighted by Crippen LogP contribution is 2.17. The molecule has 0 aliphatic carbocycles. The first-order valence-electron chi connectivity index (χ1n) is 7.17. The number of aryl methyl sites for hydroxylation is 1. The lowest BCUT2D eigenvalue weighted by Crippen LogP contribution is -2.47. The molecule has 0 saturated carbocycles. The molecule has 0 unspecified atom stereocenters. The van der Waals surface area contributed by atoms with Crippen LogP contribution in [0, 0.1) is 6.92 Å². The lowest BCUT2D eigenvalue weighted by molar-refractivity contribution is -0.641. The summed E-state index contributed by atoms with van der Waals surface area (Å²) < 4.78 is 1.66. The number of aromatic nitrogens is 1. The molecule has 108 valence electrons. The van der Waals surface area contributed by atoms with E-state index < -0.39 is 0 Å². The number of hydrogen-bond donors (Lipinski definition) is 1. The predicted molar refractivity (Wildman–Crippen MR) is 86.9 cm³/mol. The molecule has 0 aliphatic heterocycles. The fraction of sp³-hybridized carbons (Fsp3) is 0.0526. The van der Waals surface area contributed by atoms with Crippen LogP contribution in [0.2, 0.25) is 0 Å². The minimum Gasteiger partial charge on any atom is -0.264 e. The highest BCUT2D eigenvalue weighted by atomic mass is 16.2. The number of benzene rings is 2. The first-order valence-corrected chi connectivity index (χ1v) is 7.17. The van der Waals surface area contributed by atoms with Crippen LogP contribution < -0.4 is 10.1 Å². The molecule has 0 aliphatic rings. The van der Waals surface area contributed by atoms with E-state index in [9.17, 15) is 4.79 Å². The molecule has 1 N–H and O–H groups in total. The van der Waals surface area contributed by atoms with Crippen molar-refractivity contribution in [1.29, 1.82) is 0 Å². The van der Waals surface area contributed by atoms with Crippen LogP contribution in [0.5, 0.6) is 0 Å². The maximum Gasteiger partial charge on any atom is 0.305 e. The first-order chi connectivity index (χ1) is 10.7. The number of carbonyl (C=O) groups is 1. The zero-order valence-electron chi connectivity index (χ0n) is 12.4. The average Bonchev–Trinajstić information content (AvgIpc) is 2.57. The smallest absolute Gasteiger partial charge is 0.264 e. The molecule has 1 aromatic heterocycles.